The molecule has 2 amide bonds. The van der Waals surface area contributed by atoms with Crippen LogP contribution >= 0.6 is 0 Å². The highest BCUT2D eigenvalue weighted by Gasteiger charge is 2.11. The zero-order valence-corrected chi connectivity index (χ0v) is 12.0. The Labute approximate surface area is 118 Å². The Bertz CT molecular complexity index is 489. The van der Waals surface area contributed by atoms with Crippen molar-refractivity contribution >= 4 is 17.5 Å². The first-order valence-corrected chi connectivity index (χ1v) is 6.49. The van der Waals surface area contributed by atoms with Crippen LogP contribution in [-0.2, 0) is 4.79 Å². The van der Waals surface area contributed by atoms with Crippen molar-refractivity contribution in [2.24, 2.45) is 5.73 Å². The van der Waals surface area contributed by atoms with Crippen molar-refractivity contribution in [2.75, 3.05) is 19.0 Å². The van der Waals surface area contributed by atoms with Crippen LogP contribution in [0.25, 0.3) is 0 Å². The summed E-state index contributed by atoms with van der Waals surface area (Å²) in [6.45, 7) is 4.23. The third-order valence-electron chi connectivity index (χ3n) is 2.98. The number of benzene rings is 1. The molecule has 0 radical (unpaired) electrons. The summed E-state index contributed by atoms with van der Waals surface area (Å²) in [4.78, 5) is 23.0. The molecule has 0 fully saturated rings. The number of nitrogens with one attached hydrogen (secondary N) is 2. The maximum Gasteiger partial charge on any atom is 0.248 e. The molecular formula is C14H21N3O3. The Morgan fingerprint density at radius 2 is 2.10 bits per heavy atom. The van der Waals surface area contributed by atoms with Gasteiger partial charge >= 0.3 is 0 Å². The van der Waals surface area contributed by atoms with Gasteiger partial charge in [0.2, 0.25) is 11.8 Å². The van der Waals surface area contributed by atoms with E-state index in [-0.39, 0.29) is 18.5 Å². The van der Waals surface area contributed by atoms with E-state index in [0.29, 0.717) is 17.0 Å². The molecule has 0 saturated carbocycles. The molecule has 0 aliphatic heterocycles. The molecule has 110 valence electrons. The van der Waals surface area contributed by atoms with Gasteiger partial charge in [-0.2, -0.15) is 0 Å². The van der Waals surface area contributed by atoms with Gasteiger partial charge in [0.1, 0.15) is 5.75 Å². The fourth-order valence-corrected chi connectivity index (χ4v) is 1.56. The van der Waals surface area contributed by atoms with E-state index in [0.717, 1.165) is 6.42 Å². The van der Waals surface area contributed by atoms with Crippen molar-refractivity contribution in [3.8, 4) is 5.75 Å². The first-order valence-electron chi connectivity index (χ1n) is 6.49. The van der Waals surface area contributed by atoms with Crippen LogP contribution in [0.15, 0.2) is 18.2 Å². The quantitative estimate of drug-likeness (QED) is 0.697. The van der Waals surface area contributed by atoms with E-state index in [2.05, 4.69) is 10.6 Å². The lowest BCUT2D eigenvalue weighted by Crippen LogP contribution is -2.34. The number of carbonyl (C=O) groups is 2. The van der Waals surface area contributed by atoms with Crippen molar-refractivity contribution in [2.45, 2.75) is 26.3 Å². The van der Waals surface area contributed by atoms with Gasteiger partial charge in [0, 0.05) is 11.6 Å². The van der Waals surface area contributed by atoms with Gasteiger partial charge in [-0.1, -0.05) is 6.92 Å². The molecule has 0 aliphatic carbocycles. The van der Waals surface area contributed by atoms with E-state index in [9.17, 15) is 9.59 Å². The Balaban J connectivity index is 2.76. The second kappa shape index (κ2) is 7.49. The monoisotopic (exact) mass is 279 g/mol. The van der Waals surface area contributed by atoms with Gasteiger partial charge in [-0.25, -0.2) is 0 Å². The van der Waals surface area contributed by atoms with E-state index < -0.39 is 5.91 Å². The van der Waals surface area contributed by atoms with E-state index in [1.165, 1.54) is 13.2 Å². The summed E-state index contributed by atoms with van der Waals surface area (Å²) >= 11 is 0. The first kappa shape index (κ1) is 16.0. The number of primary amides is 1. The molecule has 1 aromatic carbocycles. The van der Waals surface area contributed by atoms with Crippen molar-refractivity contribution in [3.63, 3.8) is 0 Å². The predicted octanol–water partition coefficient (Wildman–Crippen LogP) is 1.12. The highest BCUT2D eigenvalue weighted by molar-refractivity contribution is 5.98. The summed E-state index contributed by atoms with van der Waals surface area (Å²) in [5, 5.41) is 5.78. The lowest BCUT2D eigenvalue weighted by Gasteiger charge is -2.13. The number of nitrogens with two attached hydrogens (primary N) is 1. The molecule has 1 unspecified atom stereocenters. The molecule has 0 heterocycles. The molecule has 6 heteroatoms. The molecule has 0 aliphatic rings. The summed E-state index contributed by atoms with van der Waals surface area (Å²) in [6.07, 6.45) is 0.938. The zero-order valence-electron chi connectivity index (χ0n) is 12.0. The van der Waals surface area contributed by atoms with E-state index >= 15 is 0 Å². The van der Waals surface area contributed by atoms with Gasteiger partial charge in [0.25, 0.3) is 0 Å². The maximum absolute atomic E-state index is 11.8. The summed E-state index contributed by atoms with van der Waals surface area (Å²) in [5.41, 5.74) is 5.96. The minimum absolute atomic E-state index is 0.193. The number of methoxy groups -OCH3 is 1. The Morgan fingerprint density at radius 3 is 2.65 bits per heavy atom. The molecule has 20 heavy (non-hydrogen) atoms. The number of anilines is 1. The molecule has 4 N–H and O–H groups in total. The molecule has 0 spiro atoms. The fraction of sp³-hybridized carbons (Fsp3) is 0.429. The van der Waals surface area contributed by atoms with Crippen LogP contribution in [-0.4, -0.2) is 31.5 Å². The van der Waals surface area contributed by atoms with Crippen molar-refractivity contribution in [1.29, 1.82) is 0 Å². The third-order valence-corrected chi connectivity index (χ3v) is 2.98. The van der Waals surface area contributed by atoms with Gasteiger partial charge < -0.3 is 21.1 Å². The van der Waals surface area contributed by atoms with Crippen LogP contribution in [0.5, 0.6) is 5.75 Å². The Kier molecular flexibility index (Phi) is 5.99. The van der Waals surface area contributed by atoms with Gasteiger partial charge in [0.15, 0.2) is 0 Å². The third kappa shape index (κ3) is 4.55. The van der Waals surface area contributed by atoms with Gasteiger partial charge in [-0.15, -0.1) is 0 Å². The summed E-state index contributed by atoms with van der Waals surface area (Å²) in [7, 11) is 1.49. The van der Waals surface area contributed by atoms with E-state index in [1.807, 2.05) is 13.8 Å². The second-order valence-corrected chi connectivity index (χ2v) is 4.52. The Hall–Kier alpha value is -2.08. The topological polar surface area (TPSA) is 93.5 Å². The minimum Gasteiger partial charge on any atom is -0.495 e. The zero-order chi connectivity index (χ0) is 15.1. The molecule has 0 bridgehead atoms. The molecular weight excluding hydrogens is 258 g/mol. The maximum atomic E-state index is 11.8. The fourth-order valence-electron chi connectivity index (χ4n) is 1.56. The molecule has 0 saturated heterocycles. The van der Waals surface area contributed by atoms with Crippen molar-refractivity contribution in [3.05, 3.63) is 23.8 Å². The molecule has 0 aromatic heterocycles. The lowest BCUT2D eigenvalue weighted by molar-refractivity contribution is -0.115. The van der Waals surface area contributed by atoms with E-state index in [4.69, 9.17) is 10.5 Å². The number of amides is 2. The summed E-state index contributed by atoms with van der Waals surface area (Å²) < 4.78 is 5.14. The summed E-state index contributed by atoms with van der Waals surface area (Å²) in [6, 6.07) is 4.91. The molecule has 1 aromatic rings. The molecule has 6 nitrogen and oxygen atoms in total. The smallest absolute Gasteiger partial charge is 0.248 e. The van der Waals surface area contributed by atoms with Crippen molar-refractivity contribution < 1.29 is 14.3 Å². The van der Waals surface area contributed by atoms with Crippen LogP contribution in [0.1, 0.15) is 30.6 Å². The van der Waals surface area contributed by atoms with Crippen molar-refractivity contribution in [1.82, 2.24) is 5.32 Å². The number of hydrogen-bond acceptors (Lipinski definition) is 4. The highest BCUT2D eigenvalue weighted by atomic mass is 16.5. The number of carbonyl (C=O) groups excluding carboxylic acids is 2. The van der Waals surface area contributed by atoms with Crippen LogP contribution in [0.4, 0.5) is 5.69 Å². The molecule has 1 atom stereocenters. The van der Waals surface area contributed by atoms with Crippen LogP contribution < -0.4 is 21.1 Å². The SMILES string of the molecule is CCC(C)NCC(=O)Nc1cc(C(N)=O)ccc1OC. The largest absolute Gasteiger partial charge is 0.495 e. The lowest BCUT2D eigenvalue weighted by atomic mass is 10.1. The predicted molar refractivity (Wildman–Crippen MR) is 77.9 cm³/mol. The normalized spacial score (nSPS) is 11.8. The van der Waals surface area contributed by atoms with Gasteiger partial charge in [-0.05, 0) is 31.5 Å². The number of hydrogen-bond donors (Lipinski definition) is 3. The second-order valence-electron chi connectivity index (χ2n) is 4.52. The minimum atomic E-state index is -0.555. The number of rotatable bonds is 7. The van der Waals surface area contributed by atoms with Crippen LogP contribution in [0.3, 0.4) is 0 Å². The molecule has 1 rings (SSSR count). The average molecular weight is 279 g/mol. The van der Waals surface area contributed by atoms with Crippen LogP contribution in [0, 0.1) is 0 Å². The number of ether oxygens (including phenoxy) is 1. The Morgan fingerprint density at radius 1 is 1.40 bits per heavy atom. The first-order chi connectivity index (χ1) is 9.47. The van der Waals surface area contributed by atoms with E-state index in [1.54, 1.807) is 12.1 Å². The highest BCUT2D eigenvalue weighted by Crippen LogP contribution is 2.25. The standard InChI is InChI=1S/C14H21N3O3/c1-4-9(2)16-8-13(18)17-11-7-10(14(15)19)5-6-12(11)20-3/h5-7,9,16H,4,8H2,1-3H3,(H2,15,19)(H,17,18). The summed E-state index contributed by atoms with van der Waals surface area (Å²) in [5.74, 6) is -0.280. The average Bonchev–Trinajstić information content (AvgIpc) is 2.44. The van der Waals surface area contributed by atoms with Crippen LogP contribution in [0.2, 0.25) is 0 Å². The van der Waals surface area contributed by atoms with Gasteiger partial charge in [0.05, 0.1) is 19.3 Å². The van der Waals surface area contributed by atoms with Gasteiger partial charge in [-0.3, -0.25) is 9.59 Å².